The van der Waals surface area contributed by atoms with E-state index in [1.54, 1.807) is 33.5 Å². The maximum absolute atomic E-state index is 15.9. The van der Waals surface area contributed by atoms with Gasteiger partial charge in [0.05, 0.1) is 16.8 Å². The highest BCUT2D eigenvalue weighted by Gasteiger charge is 2.36. The largest absolute Gasteiger partial charge is 0.427 e. The Morgan fingerprint density at radius 2 is 0.880 bits per heavy atom. The highest BCUT2D eigenvalue weighted by Crippen LogP contribution is 2.37. The lowest BCUT2D eigenvalue weighted by atomic mass is 9.79. The van der Waals surface area contributed by atoms with Crippen molar-refractivity contribution in [2.45, 2.75) is 144 Å². The summed E-state index contributed by atoms with van der Waals surface area (Å²) < 4.78 is 21.9. The monoisotopic (exact) mass is 678 g/mol. The molecule has 0 aliphatic heterocycles. The van der Waals surface area contributed by atoms with Crippen LogP contribution in [0.15, 0.2) is 54.6 Å². The van der Waals surface area contributed by atoms with Crippen LogP contribution >= 0.6 is 0 Å². The van der Waals surface area contributed by atoms with Crippen LogP contribution in [0.5, 0.6) is 0 Å². The van der Waals surface area contributed by atoms with Crippen LogP contribution in [-0.2, 0) is 26.3 Å². The molecule has 0 unspecified atom stereocenters. The van der Waals surface area contributed by atoms with Crippen molar-refractivity contribution in [3.05, 3.63) is 82.7 Å². The van der Waals surface area contributed by atoms with E-state index in [4.69, 9.17) is 19.6 Å². The Labute approximate surface area is 301 Å². The van der Waals surface area contributed by atoms with Gasteiger partial charge in [0.15, 0.2) is 17.5 Å². The van der Waals surface area contributed by atoms with Crippen LogP contribution in [0.1, 0.15) is 133 Å². The van der Waals surface area contributed by atoms with E-state index in [0.29, 0.717) is 17.1 Å². The Balaban J connectivity index is 2.04. The Morgan fingerprint density at radius 3 is 1.22 bits per heavy atom. The molecule has 0 aliphatic carbocycles. The normalized spacial score (nSPS) is 13.5. The maximum atomic E-state index is 15.9. The van der Waals surface area contributed by atoms with E-state index in [1.807, 2.05) is 13.8 Å². The summed E-state index contributed by atoms with van der Waals surface area (Å²) >= 11 is 0. The average molecular weight is 679 g/mol. The molecule has 4 aromatic rings. The summed E-state index contributed by atoms with van der Waals surface area (Å²) in [6.45, 7) is 33.4. The van der Waals surface area contributed by atoms with E-state index in [0.717, 1.165) is 11.1 Å². The molecule has 3 aromatic carbocycles. The number of nitrogens with zero attached hydrogens (tertiary/aromatic N) is 3. The number of rotatable bonds is 7. The van der Waals surface area contributed by atoms with Gasteiger partial charge in [0, 0.05) is 11.1 Å². The van der Waals surface area contributed by atoms with Gasteiger partial charge in [-0.3, -0.25) is 0 Å². The zero-order valence-electron chi connectivity index (χ0n) is 33.3. The Morgan fingerprint density at radius 1 is 0.520 bits per heavy atom. The van der Waals surface area contributed by atoms with E-state index in [1.165, 1.54) is 28.3 Å². The average Bonchev–Trinajstić information content (AvgIpc) is 2.97. The van der Waals surface area contributed by atoms with Gasteiger partial charge in [-0.15, -0.1) is 0 Å². The van der Waals surface area contributed by atoms with Crippen LogP contribution in [0.4, 0.5) is 4.39 Å². The van der Waals surface area contributed by atoms with Crippen molar-refractivity contribution in [2.24, 2.45) is 0 Å². The third-order valence-electron chi connectivity index (χ3n) is 9.68. The molecule has 0 saturated heterocycles. The topological polar surface area (TPSA) is 68.1 Å². The van der Waals surface area contributed by atoms with Crippen LogP contribution in [0.3, 0.4) is 0 Å². The lowest BCUT2D eigenvalue weighted by molar-refractivity contribution is -0.0893. The minimum Gasteiger partial charge on any atom is -0.427 e. The first kappa shape index (κ1) is 39.4. The van der Waals surface area contributed by atoms with Crippen molar-refractivity contribution < 1.29 is 14.2 Å². The van der Waals surface area contributed by atoms with Gasteiger partial charge in [0.2, 0.25) is 0 Å². The Hall–Kier alpha value is -3.42. The van der Waals surface area contributed by atoms with Gasteiger partial charge in [-0.1, -0.05) is 113 Å². The van der Waals surface area contributed by atoms with Gasteiger partial charge in [-0.05, 0) is 102 Å². The lowest BCUT2D eigenvalue weighted by Gasteiger charge is -2.37. The van der Waals surface area contributed by atoms with Gasteiger partial charge in [0.25, 0.3) is 0 Å². The highest BCUT2D eigenvalue weighted by molar-refractivity contribution is 6.47. The summed E-state index contributed by atoms with van der Waals surface area (Å²) in [4.78, 5) is 15.1. The van der Waals surface area contributed by atoms with Crippen molar-refractivity contribution in [3.63, 3.8) is 0 Å². The van der Waals surface area contributed by atoms with Crippen LogP contribution < -0.4 is 5.46 Å². The first-order chi connectivity index (χ1) is 22.6. The van der Waals surface area contributed by atoms with E-state index < -0.39 is 17.0 Å². The molecule has 0 atom stereocenters. The zero-order valence-corrected chi connectivity index (χ0v) is 33.3. The molecule has 0 bridgehead atoms. The number of hydrogen-bond donors (Lipinski definition) is 1. The highest BCUT2D eigenvalue weighted by atomic mass is 19.1. The fourth-order valence-electron chi connectivity index (χ4n) is 5.15. The van der Waals surface area contributed by atoms with Crippen LogP contribution in [0.2, 0.25) is 0 Å². The van der Waals surface area contributed by atoms with E-state index in [9.17, 15) is 5.11 Å². The molecule has 1 N–H and O–H groups in total. The van der Waals surface area contributed by atoms with Crippen LogP contribution in [0.25, 0.3) is 34.2 Å². The molecule has 1 heterocycles. The van der Waals surface area contributed by atoms with Crippen molar-refractivity contribution in [1.82, 2.24) is 15.0 Å². The fraction of sp³-hybridized carbons (Fsp3) is 0.512. The number of hydrogen-bond acceptors (Lipinski definition) is 5. The molecule has 267 valence electrons. The summed E-state index contributed by atoms with van der Waals surface area (Å²) in [5.74, 6) is 0.739. The second kappa shape index (κ2) is 13.3. The fourth-order valence-corrected chi connectivity index (χ4v) is 5.15. The third-order valence-corrected chi connectivity index (χ3v) is 9.68. The molecule has 1 aromatic heterocycles. The predicted octanol–water partition coefficient (Wildman–Crippen LogP) is 10.0. The van der Waals surface area contributed by atoms with Crippen LogP contribution in [-0.4, -0.2) is 38.7 Å². The van der Waals surface area contributed by atoms with Gasteiger partial charge >= 0.3 is 7.48 Å². The molecular weight excluding hydrogens is 620 g/mol. The molecule has 1 radical (unpaired) electrons. The summed E-state index contributed by atoms with van der Waals surface area (Å²) in [5.41, 5.74) is 4.77. The summed E-state index contributed by atoms with van der Waals surface area (Å²) in [5, 5.41) is 10.6. The number of aliphatic hydroxyl groups is 1. The molecule has 0 spiro atoms. The predicted molar refractivity (Wildman–Crippen MR) is 208 cm³/mol. The molecule has 50 heavy (non-hydrogen) atoms. The number of halogens is 1. The summed E-state index contributed by atoms with van der Waals surface area (Å²) in [6, 6.07) is 17.9. The molecule has 0 aliphatic rings. The van der Waals surface area contributed by atoms with Crippen molar-refractivity contribution in [1.29, 1.82) is 0 Å². The molecule has 0 amide bonds. The quantitative estimate of drug-likeness (QED) is 0.197. The van der Waals surface area contributed by atoms with Crippen LogP contribution in [0, 0.1) is 5.82 Å². The van der Waals surface area contributed by atoms with Crippen molar-refractivity contribution in [3.8, 4) is 34.2 Å². The second-order valence-corrected chi connectivity index (χ2v) is 18.9. The van der Waals surface area contributed by atoms with Gasteiger partial charge in [-0.2, -0.15) is 0 Å². The van der Waals surface area contributed by atoms with E-state index in [-0.39, 0.29) is 33.0 Å². The first-order valence-corrected chi connectivity index (χ1v) is 17.7. The molecule has 0 saturated carbocycles. The summed E-state index contributed by atoms with van der Waals surface area (Å²) in [7, 11) is 1.55. The van der Waals surface area contributed by atoms with E-state index in [2.05, 4.69) is 119 Å². The zero-order chi connectivity index (χ0) is 37.8. The standard InChI is InChI=1S/C43H58BFN3O2/c1-38(2,3)28-19-26(20-29(23-28)39(4,5)6)35-46-36(27-21-30(40(7,8)9)24-31(22-27)41(10,11)12)48-37(47-35)33-25-32(17-18-34(33)45)44-50-43(15,16)42(13,14)49/h17-25,49H,1-16H3. The van der Waals surface area contributed by atoms with Crippen molar-refractivity contribution in [2.75, 3.05) is 0 Å². The van der Waals surface area contributed by atoms with Crippen molar-refractivity contribution >= 4 is 12.9 Å². The van der Waals surface area contributed by atoms with Gasteiger partial charge in [0.1, 0.15) is 5.82 Å². The van der Waals surface area contributed by atoms with E-state index >= 15 is 4.39 Å². The molecule has 4 rings (SSSR count). The summed E-state index contributed by atoms with van der Waals surface area (Å²) in [6.07, 6.45) is 0. The lowest BCUT2D eigenvalue weighted by Crippen LogP contribution is -2.49. The first-order valence-electron chi connectivity index (χ1n) is 17.7. The molecule has 0 fully saturated rings. The molecular formula is C43H58BFN3O2. The van der Waals surface area contributed by atoms with Gasteiger partial charge in [-0.25, -0.2) is 19.3 Å². The third kappa shape index (κ3) is 9.08. The SMILES string of the molecule is CC(C)(C)c1cc(-c2nc(-c3cc(C(C)(C)C)cc(C(C)(C)C)c3)nc(-c3cc([B]OC(C)(C)C(C)(C)O)ccc3F)n2)cc(C(C)(C)C)c1. The second-order valence-electron chi connectivity index (χ2n) is 18.9. The minimum atomic E-state index is -1.11. The molecule has 5 nitrogen and oxygen atoms in total. The Bertz CT molecular complexity index is 1710. The smallest absolute Gasteiger partial charge is 0.330 e. The number of aromatic nitrogens is 3. The minimum absolute atomic E-state index is 0.120. The molecule has 7 heteroatoms. The maximum Gasteiger partial charge on any atom is 0.330 e. The number of benzene rings is 3. The Kier molecular flexibility index (Phi) is 10.5. The van der Waals surface area contributed by atoms with Gasteiger partial charge < -0.3 is 9.76 Å².